The van der Waals surface area contributed by atoms with E-state index in [-0.39, 0.29) is 18.3 Å². The van der Waals surface area contributed by atoms with Gasteiger partial charge in [-0.3, -0.25) is 4.90 Å². The molecule has 118 valence electrons. The molecular formula is C15H28ClNO3. The van der Waals surface area contributed by atoms with Gasteiger partial charge in [0.1, 0.15) is 6.61 Å². The number of hydrogen-bond donors (Lipinski definition) is 1. The topological polar surface area (TPSA) is 49.8 Å². The van der Waals surface area contributed by atoms with Gasteiger partial charge in [-0.1, -0.05) is 25.7 Å². The Morgan fingerprint density at radius 2 is 1.70 bits per heavy atom. The molecule has 2 aliphatic rings. The minimum Gasteiger partial charge on any atom is -0.462 e. The SMILES string of the molecule is Cl.O=C(OCCN1CCCCC1)C(O)C1CCCCC1. The van der Waals surface area contributed by atoms with Gasteiger partial charge in [0.25, 0.3) is 0 Å². The number of halogens is 1. The highest BCUT2D eigenvalue weighted by Gasteiger charge is 2.28. The Balaban J connectivity index is 0.00000200. The minimum atomic E-state index is -0.901. The molecule has 20 heavy (non-hydrogen) atoms. The van der Waals surface area contributed by atoms with Crippen LogP contribution in [0.15, 0.2) is 0 Å². The van der Waals surface area contributed by atoms with E-state index in [2.05, 4.69) is 4.90 Å². The first kappa shape index (κ1) is 17.7. The fourth-order valence-corrected chi connectivity index (χ4v) is 3.19. The third-order valence-corrected chi connectivity index (χ3v) is 4.44. The molecule has 0 aromatic heterocycles. The van der Waals surface area contributed by atoms with Gasteiger partial charge in [0.2, 0.25) is 0 Å². The van der Waals surface area contributed by atoms with E-state index in [1.54, 1.807) is 0 Å². The Labute approximate surface area is 128 Å². The van der Waals surface area contributed by atoms with Crippen molar-refractivity contribution in [3.63, 3.8) is 0 Å². The van der Waals surface area contributed by atoms with Crippen LogP contribution >= 0.6 is 12.4 Å². The standard InChI is InChI=1S/C15H27NO3.ClH/c17-14(13-7-3-1-4-8-13)15(18)19-12-11-16-9-5-2-6-10-16;/h13-14,17H,1-12H2;1H. The van der Waals surface area contributed by atoms with Gasteiger partial charge in [-0.2, -0.15) is 0 Å². The smallest absolute Gasteiger partial charge is 0.335 e. The predicted octanol–water partition coefficient (Wildman–Crippen LogP) is 2.38. The Morgan fingerprint density at radius 3 is 2.35 bits per heavy atom. The summed E-state index contributed by atoms with van der Waals surface area (Å²) < 4.78 is 5.23. The first-order chi connectivity index (χ1) is 9.27. The molecule has 0 amide bonds. The van der Waals surface area contributed by atoms with Crippen LogP contribution in [0.1, 0.15) is 51.4 Å². The van der Waals surface area contributed by atoms with E-state index in [1.165, 1.54) is 25.7 Å². The molecule has 1 atom stereocenters. The van der Waals surface area contributed by atoms with Gasteiger partial charge in [0.05, 0.1) is 0 Å². The normalized spacial score (nSPS) is 22.9. The summed E-state index contributed by atoms with van der Waals surface area (Å²) in [5.74, 6) is -0.292. The number of hydrogen-bond acceptors (Lipinski definition) is 4. The lowest BCUT2D eigenvalue weighted by Gasteiger charge is -2.27. The molecule has 0 aromatic carbocycles. The van der Waals surface area contributed by atoms with Crippen LogP contribution in [0.3, 0.4) is 0 Å². The number of aliphatic hydroxyl groups excluding tert-OH is 1. The largest absolute Gasteiger partial charge is 0.462 e. The third kappa shape index (κ3) is 5.58. The van der Waals surface area contributed by atoms with Crippen molar-refractivity contribution in [3.8, 4) is 0 Å². The quantitative estimate of drug-likeness (QED) is 0.792. The molecule has 1 saturated carbocycles. The summed E-state index contributed by atoms with van der Waals surface area (Å²) in [5.41, 5.74) is 0. The molecule has 0 radical (unpaired) electrons. The number of carbonyl (C=O) groups excluding carboxylic acids is 1. The number of piperidine rings is 1. The van der Waals surface area contributed by atoms with Crippen LogP contribution < -0.4 is 0 Å². The van der Waals surface area contributed by atoms with Crippen LogP contribution in [0.4, 0.5) is 0 Å². The molecule has 2 fully saturated rings. The van der Waals surface area contributed by atoms with Crippen LogP contribution in [0.5, 0.6) is 0 Å². The third-order valence-electron chi connectivity index (χ3n) is 4.44. The van der Waals surface area contributed by atoms with E-state index < -0.39 is 12.1 Å². The lowest BCUT2D eigenvalue weighted by Crippen LogP contribution is -2.36. The number of ether oxygens (including phenoxy) is 1. The lowest BCUT2D eigenvalue weighted by molar-refractivity contribution is -0.157. The molecule has 4 nitrogen and oxygen atoms in total. The van der Waals surface area contributed by atoms with Gasteiger partial charge in [0.15, 0.2) is 6.10 Å². The van der Waals surface area contributed by atoms with Gasteiger partial charge in [-0.25, -0.2) is 4.79 Å². The molecule has 0 aromatic rings. The van der Waals surface area contributed by atoms with Crippen molar-refractivity contribution in [1.29, 1.82) is 0 Å². The average molecular weight is 306 g/mol. The number of carbonyl (C=O) groups is 1. The summed E-state index contributed by atoms with van der Waals surface area (Å²) in [6.07, 6.45) is 8.32. The summed E-state index contributed by atoms with van der Waals surface area (Å²) in [5, 5.41) is 9.99. The number of esters is 1. The summed E-state index contributed by atoms with van der Waals surface area (Å²) >= 11 is 0. The molecule has 1 aliphatic carbocycles. The predicted molar refractivity (Wildman–Crippen MR) is 81.1 cm³/mol. The van der Waals surface area contributed by atoms with Gasteiger partial charge in [0, 0.05) is 6.54 Å². The van der Waals surface area contributed by atoms with Gasteiger partial charge in [-0.15, -0.1) is 12.4 Å². The van der Waals surface area contributed by atoms with Crippen LogP contribution in [0.25, 0.3) is 0 Å². The molecule has 5 heteroatoms. The van der Waals surface area contributed by atoms with E-state index in [0.29, 0.717) is 6.61 Å². The summed E-state index contributed by atoms with van der Waals surface area (Å²) in [6.45, 7) is 3.46. The highest BCUT2D eigenvalue weighted by molar-refractivity contribution is 5.85. The van der Waals surface area contributed by atoms with Crippen molar-refractivity contribution in [2.75, 3.05) is 26.2 Å². The molecule has 1 N–H and O–H groups in total. The first-order valence-electron chi connectivity index (χ1n) is 7.84. The highest BCUT2D eigenvalue weighted by Crippen LogP contribution is 2.26. The molecule has 1 aliphatic heterocycles. The zero-order valence-corrected chi connectivity index (χ0v) is 13.1. The fraction of sp³-hybridized carbons (Fsp3) is 0.933. The highest BCUT2D eigenvalue weighted by atomic mass is 35.5. The van der Waals surface area contributed by atoms with Crippen molar-refractivity contribution in [3.05, 3.63) is 0 Å². The average Bonchev–Trinajstić information content (AvgIpc) is 2.48. The Morgan fingerprint density at radius 1 is 1.10 bits per heavy atom. The number of aliphatic hydroxyl groups is 1. The molecule has 0 bridgehead atoms. The van der Waals surface area contributed by atoms with Crippen LogP contribution in [0, 0.1) is 5.92 Å². The van der Waals surface area contributed by atoms with Crippen LogP contribution in [-0.2, 0) is 9.53 Å². The first-order valence-corrected chi connectivity index (χ1v) is 7.84. The van der Waals surface area contributed by atoms with Crippen molar-refractivity contribution in [2.24, 2.45) is 5.92 Å². The molecule has 1 unspecified atom stereocenters. The van der Waals surface area contributed by atoms with Crippen molar-refractivity contribution in [2.45, 2.75) is 57.5 Å². The Bertz CT molecular complexity index is 276. The second-order valence-corrected chi connectivity index (χ2v) is 5.91. The van der Waals surface area contributed by atoms with Gasteiger partial charge < -0.3 is 9.84 Å². The number of rotatable bonds is 5. The zero-order chi connectivity index (χ0) is 13.5. The van der Waals surface area contributed by atoms with Crippen LogP contribution in [0.2, 0.25) is 0 Å². The Kier molecular flexibility index (Phi) is 8.50. The maximum absolute atomic E-state index is 11.8. The van der Waals surface area contributed by atoms with E-state index in [1.807, 2.05) is 0 Å². The summed E-state index contributed by atoms with van der Waals surface area (Å²) in [4.78, 5) is 14.1. The van der Waals surface area contributed by atoms with Crippen molar-refractivity contribution < 1.29 is 14.6 Å². The minimum absolute atomic E-state index is 0. The van der Waals surface area contributed by atoms with E-state index in [0.717, 1.165) is 45.3 Å². The van der Waals surface area contributed by atoms with E-state index >= 15 is 0 Å². The Hall–Kier alpha value is -0.320. The molecular weight excluding hydrogens is 278 g/mol. The molecule has 0 spiro atoms. The lowest BCUT2D eigenvalue weighted by atomic mass is 9.85. The van der Waals surface area contributed by atoms with Gasteiger partial charge >= 0.3 is 5.97 Å². The summed E-state index contributed by atoms with van der Waals surface area (Å²) in [6, 6.07) is 0. The number of nitrogens with zero attached hydrogens (tertiary/aromatic N) is 1. The van der Waals surface area contributed by atoms with Gasteiger partial charge in [-0.05, 0) is 44.7 Å². The molecule has 1 saturated heterocycles. The zero-order valence-electron chi connectivity index (χ0n) is 12.3. The maximum Gasteiger partial charge on any atom is 0.335 e. The fourth-order valence-electron chi connectivity index (χ4n) is 3.19. The van der Waals surface area contributed by atoms with Crippen molar-refractivity contribution in [1.82, 2.24) is 4.90 Å². The number of likely N-dealkylation sites (tertiary alicyclic amines) is 1. The van der Waals surface area contributed by atoms with Crippen LogP contribution in [-0.4, -0.2) is 48.3 Å². The maximum atomic E-state index is 11.8. The second-order valence-electron chi connectivity index (χ2n) is 5.91. The molecule has 2 rings (SSSR count). The van der Waals surface area contributed by atoms with E-state index in [4.69, 9.17) is 4.74 Å². The van der Waals surface area contributed by atoms with Crippen molar-refractivity contribution >= 4 is 18.4 Å². The second kappa shape index (κ2) is 9.59. The van der Waals surface area contributed by atoms with E-state index in [9.17, 15) is 9.90 Å². The monoisotopic (exact) mass is 305 g/mol. The molecule has 1 heterocycles. The summed E-state index contributed by atoms with van der Waals surface area (Å²) in [7, 11) is 0.